The van der Waals surface area contributed by atoms with Gasteiger partial charge in [0.25, 0.3) is 0 Å². The highest BCUT2D eigenvalue weighted by Gasteiger charge is 2.22. The zero-order chi connectivity index (χ0) is 20.7. The van der Waals surface area contributed by atoms with Gasteiger partial charge in [0.15, 0.2) is 5.88 Å². The molecule has 0 saturated carbocycles. The van der Waals surface area contributed by atoms with Crippen molar-refractivity contribution in [2.75, 3.05) is 18.4 Å². The van der Waals surface area contributed by atoms with E-state index in [1.165, 1.54) is 0 Å². The number of aliphatic imine (C=N–C) groups is 1. The number of benzene rings is 2. The van der Waals surface area contributed by atoms with Crippen molar-refractivity contribution < 1.29 is 9.90 Å². The molecule has 3 heterocycles. The molecule has 7 heteroatoms. The highest BCUT2D eigenvalue weighted by molar-refractivity contribution is 6.01. The van der Waals surface area contributed by atoms with E-state index in [0.29, 0.717) is 0 Å². The molecule has 0 bridgehead atoms. The maximum atomic E-state index is 11.6. The van der Waals surface area contributed by atoms with Crippen LogP contribution in [0.1, 0.15) is 25.3 Å². The van der Waals surface area contributed by atoms with Crippen LogP contribution in [0.3, 0.4) is 0 Å². The van der Waals surface area contributed by atoms with Crippen molar-refractivity contribution in [3.63, 3.8) is 0 Å². The van der Waals surface area contributed by atoms with Gasteiger partial charge in [-0.25, -0.2) is 9.98 Å². The Balaban J connectivity index is 1.51. The number of hydrogen-bond acceptors (Lipinski definition) is 5. The molecule has 1 aromatic heterocycles. The minimum atomic E-state index is 0.134. The van der Waals surface area contributed by atoms with Crippen LogP contribution in [0.15, 0.2) is 46.4 Å². The van der Waals surface area contributed by atoms with Crippen LogP contribution in [-0.2, 0) is 4.79 Å². The molecular formula is C23H23N5O2. The monoisotopic (exact) mass is 401 g/mol. The number of piperidine rings is 1. The Morgan fingerprint density at radius 1 is 1.27 bits per heavy atom. The SMILES string of the molecule is CC(=O)N1CCC(Nc2cccc3[nH]c(O)c(/C=c4\ccc5c(c4)N=CN=5)c23)CC1. The van der Waals surface area contributed by atoms with Crippen molar-refractivity contribution in [2.45, 2.75) is 25.8 Å². The largest absolute Gasteiger partial charge is 0.494 e. The standard InChI is InChI=1S/C23H23N5O2/c1-14(29)28-9-7-16(8-10-28)26-19-3-2-4-20-22(19)17(23(30)27-20)11-15-5-6-18-21(12-15)25-13-24-18/h2-6,11-13,16,26-27,30H,7-10H2,1H3/b15-11+. The number of aromatic amines is 1. The summed E-state index contributed by atoms with van der Waals surface area (Å²) in [7, 11) is 0. The highest BCUT2D eigenvalue weighted by Crippen LogP contribution is 2.34. The molecule has 30 heavy (non-hydrogen) atoms. The van der Waals surface area contributed by atoms with Gasteiger partial charge in [-0.05, 0) is 48.4 Å². The average molecular weight is 401 g/mol. The zero-order valence-electron chi connectivity index (χ0n) is 16.7. The molecule has 3 aromatic rings. The molecule has 1 fully saturated rings. The fourth-order valence-electron chi connectivity index (χ4n) is 4.24. The van der Waals surface area contributed by atoms with E-state index in [1.54, 1.807) is 13.3 Å². The number of nitrogens with one attached hydrogen (secondary N) is 2. The number of hydrogen-bond donors (Lipinski definition) is 3. The summed E-state index contributed by atoms with van der Waals surface area (Å²) in [6, 6.07) is 12.1. The molecule has 0 aliphatic carbocycles. The number of nitrogens with zero attached hydrogens (tertiary/aromatic N) is 3. The van der Waals surface area contributed by atoms with Gasteiger partial charge in [0.2, 0.25) is 5.91 Å². The van der Waals surface area contributed by atoms with Gasteiger partial charge in [-0.1, -0.05) is 12.1 Å². The van der Waals surface area contributed by atoms with Gasteiger partial charge in [-0.2, -0.15) is 0 Å². The maximum absolute atomic E-state index is 11.6. The molecule has 2 aliphatic rings. The number of amides is 1. The van der Waals surface area contributed by atoms with Crippen molar-refractivity contribution in [3.05, 3.63) is 52.5 Å². The normalized spacial score (nSPS) is 16.7. The van der Waals surface area contributed by atoms with Crippen LogP contribution in [0.5, 0.6) is 5.88 Å². The summed E-state index contributed by atoms with van der Waals surface area (Å²) in [6.07, 6.45) is 5.32. The first-order chi connectivity index (χ1) is 14.6. The molecule has 3 N–H and O–H groups in total. The van der Waals surface area contributed by atoms with Crippen molar-refractivity contribution in [1.82, 2.24) is 9.88 Å². The Bertz CT molecular complexity index is 1280. The lowest BCUT2D eigenvalue weighted by molar-refractivity contribution is -0.129. The molecule has 0 radical (unpaired) electrons. The van der Waals surface area contributed by atoms with Gasteiger partial charge in [0.1, 0.15) is 6.34 Å². The third-order valence-corrected chi connectivity index (χ3v) is 5.85. The summed E-state index contributed by atoms with van der Waals surface area (Å²) >= 11 is 0. The number of likely N-dealkylation sites (tertiary alicyclic amines) is 1. The molecule has 152 valence electrons. The Kier molecular flexibility index (Phi) is 4.50. The van der Waals surface area contributed by atoms with Gasteiger partial charge in [-0.3, -0.25) is 4.79 Å². The predicted octanol–water partition coefficient (Wildman–Crippen LogP) is 2.42. The van der Waals surface area contributed by atoms with Crippen LogP contribution >= 0.6 is 0 Å². The lowest BCUT2D eigenvalue weighted by Crippen LogP contribution is -2.41. The Hall–Kier alpha value is -3.61. The number of fused-ring (bicyclic) bond motifs is 2. The molecule has 1 saturated heterocycles. The van der Waals surface area contributed by atoms with Crippen LogP contribution < -0.4 is 15.9 Å². The van der Waals surface area contributed by atoms with Gasteiger partial charge in [0.05, 0.1) is 16.6 Å². The number of carbonyl (C=O) groups excluding carboxylic acids is 1. The minimum absolute atomic E-state index is 0.134. The van der Waals surface area contributed by atoms with Gasteiger partial charge in [-0.15, -0.1) is 0 Å². The lowest BCUT2D eigenvalue weighted by atomic mass is 10.0. The smallest absolute Gasteiger partial charge is 0.219 e. The Morgan fingerprint density at radius 2 is 2.10 bits per heavy atom. The molecule has 5 rings (SSSR count). The van der Waals surface area contributed by atoms with E-state index in [-0.39, 0.29) is 17.8 Å². The van der Waals surface area contributed by atoms with E-state index in [4.69, 9.17) is 0 Å². The van der Waals surface area contributed by atoms with E-state index in [9.17, 15) is 9.90 Å². The van der Waals surface area contributed by atoms with Crippen molar-refractivity contribution in [1.29, 1.82) is 0 Å². The fourth-order valence-corrected chi connectivity index (χ4v) is 4.24. The van der Waals surface area contributed by atoms with Crippen LogP contribution in [-0.4, -0.2) is 46.4 Å². The molecule has 2 aliphatic heterocycles. The van der Waals surface area contributed by atoms with Crippen molar-refractivity contribution in [2.24, 2.45) is 9.98 Å². The fraction of sp³-hybridized carbons (Fsp3) is 0.261. The van der Waals surface area contributed by atoms with Crippen molar-refractivity contribution >= 4 is 40.6 Å². The van der Waals surface area contributed by atoms with E-state index in [2.05, 4.69) is 20.3 Å². The van der Waals surface area contributed by atoms with Gasteiger partial charge < -0.3 is 20.3 Å². The van der Waals surface area contributed by atoms with Gasteiger partial charge in [0, 0.05) is 42.7 Å². The molecule has 0 spiro atoms. The van der Waals surface area contributed by atoms with Crippen LogP contribution in [0.25, 0.3) is 17.0 Å². The summed E-state index contributed by atoms with van der Waals surface area (Å²) in [5.41, 5.74) is 3.43. The number of rotatable bonds is 3. The zero-order valence-corrected chi connectivity index (χ0v) is 16.7. The number of H-pyrrole nitrogens is 1. The molecule has 0 unspecified atom stereocenters. The number of carbonyl (C=O) groups is 1. The molecule has 2 aromatic carbocycles. The first-order valence-electron chi connectivity index (χ1n) is 10.2. The van der Waals surface area contributed by atoms with E-state index in [1.807, 2.05) is 47.4 Å². The first kappa shape index (κ1) is 18.4. The second-order valence-corrected chi connectivity index (χ2v) is 7.81. The second kappa shape index (κ2) is 7.33. The Morgan fingerprint density at radius 3 is 2.90 bits per heavy atom. The Labute approximate surface area is 173 Å². The minimum Gasteiger partial charge on any atom is -0.494 e. The molecular weight excluding hydrogens is 378 g/mol. The predicted molar refractivity (Wildman–Crippen MR) is 118 cm³/mol. The van der Waals surface area contributed by atoms with E-state index >= 15 is 0 Å². The third kappa shape index (κ3) is 3.32. The quantitative estimate of drug-likeness (QED) is 0.629. The third-order valence-electron chi connectivity index (χ3n) is 5.85. The summed E-state index contributed by atoms with van der Waals surface area (Å²) in [5.74, 6) is 0.272. The topological polar surface area (TPSA) is 93.1 Å². The summed E-state index contributed by atoms with van der Waals surface area (Å²) in [4.78, 5) is 25.0. The highest BCUT2D eigenvalue weighted by atomic mass is 16.3. The second-order valence-electron chi connectivity index (χ2n) is 7.81. The summed E-state index contributed by atoms with van der Waals surface area (Å²) < 4.78 is 0. The summed E-state index contributed by atoms with van der Waals surface area (Å²) in [6.45, 7) is 3.15. The van der Waals surface area contributed by atoms with Crippen LogP contribution in [0, 0.1) is 0 Å². The average Bonchev–Trinajstić information content (AvgIpc) is 3.33. The molecule has 0 atom stereocenters. The molecule has 1 amide bonds. The number of aromatic hydroxyl groups is 1. The van der Waals surface area contributed by atoms with E-state index < -0.39 is 0 Å². The molecule has 7 nitrogen and oxygen atoms in total. The van der Waals surface area contributed by atoms with Crippen LogP contribution in [0.2, 0.25) is 0 Å². The number of anilines is 1. The summed E-state index contributed by atoms with van der Waals surface area (Å²) in [5, 5.41) is 17.0. The maximum Gasteiger partial charge on any atom is 0.219 e. The lowest BCUT2D eigenvalue weighted by Gasteiger charge is -2.32. The number of aromatic nitrogens is 1. The van der Waals surface area contributed by atoms with Crippen LogP contribution in [0.4, 0.5) is 11.4 Å². The van der Waals surface area contributed by atoms with E-state index in [0.717, 1.165) is 64.3 Å². The first-order valence-corrected chi connectivity index (χ1v) is 10.2. The van der Waals surface area contributed by atoms with Crippen molar-refractivity contribution in [3.8, 4) is 5.88 Å². The van der Waals surface area contributed by atoms with Gasteiger partial charge >= 0.3 is 0 Å².